The van der Waals surface area contributed by atoms with Crippen molar-refractivity contribution in [3.63, 3.8) is 0 Å². The van der Waals surface area contributed by atoms with Gasteiger partial charge in [-0.3, -0.25) is 14.2 Å². The van der Waals surface area contributed by atoms with E-state index in [9.17, 15) is 22.8 Å². The smallest absolute Gasteiger partial charge is 0.329 e. The largest absolute Gasteiger partial charge is 0.379 e. The SMILES string of the molecule is Cc1ccc(S(=O)(=O)N2CCOCC2)cc1NC(=O)Cn1c(=O)[nH]c2ccccc2c1=O. The molecule has 0 saturated carbocycles. The molecule has 1 saturated heterocycles. The van der Waals surface area contributed by atoms with Crippen molar-refractivity contribution in [1.29, 1.82) is 0 Å². The van der Waals surface area contributed by atoms with Crippen molar-refractivity contribution in [3.8, 4) is 0 Å². The first-order valence-corrected chi connectivity index (χ1v) is 11.4. The molecule has 0 spiro atoms. The molecule has 0 atom stereocenters. The van der Waals surface area contributed by atoms with E-state index in [1.54, 1.807) is 37.3 Å². The van der Waals surface area contributed by atoms with Crippen molar-refractivity contribution >= 4 is 32.5 Å². The number of amides is 1. The van der Waals surface area contributed by atoms with Crippen LogP contribution >= 0.6 is 0 Å². The third-order valence-electron chi connectivity index (χ3n) is 5.28. The number of sulfonamides is 1. The highest BCUT2D eigenvalue weighted by molar-refractivity contribution is 7.89. The fourth-order valence-electron chi connectivity index (χ4n) is 3.51. The van der Waals surface area contributed by atoms with Crippen LogP contribution in [-0.4, -0.2) is 54.5 Å². The van der Waals surface area contributed by atoms with Gasteiger partial charge in [-0.1, -0.05) is 18.2 Å². The van der Waals surface area contributed by atoms with Crippen LogP contribution < -0.4 is 16.6 Å². The number of ether oxygens (including phenoxy) is 1. The second-order valence-electron chi connectivity index (χ2n) is 7.41. The van der Waals surface area contributed by atoms with Crippen molar-refractivity contribution in [2.45, 2.75) is 18.4 Å². The number of hydrogen-bond donors (Lipinski definition) is 2. The molecule has 3 aromatic rings. The summed E-state index contributed by atoms with van der Waals surface area (Å²) in [5, 5.41) is 2.90. The molecule has 11 heteroatoms. The number of carbonyl (C=O) groups is 1. The molecule has 1 aromatic heterocycles. The number of para-hydroxylation sites is 1. The average Bonchev–Trinajstić information content (AvgIpc) is 2.78. The summed E-state index contributed by atoms with van der Waals surface area (Å²) >= 11 is 0. The maximum Gasteiger partial charge on any atom is 0.329 e. The Morgan fingerprint density at radius 3 is 2.59 bits per heavy atom. The first kappa shape index (κ1) is 21.9. The molecule has 0 bridgehead atoms. The van der Waals surface area contributed by atoms with Crippen LogP contribution in [0.3, 0.4) is 0 Å². The number of aromatic nitrogens is 2. The van der Waals surface area contributed by atoms with Crippen LogP contribution in [0, 0.1) is 6.92 Å². The predicted octanol–water partition coefficient (Wildman–Crippen LogP) is 0.658. The number of H-pyrrole nitrogens is 1. The number of carbonyl (C=O) groups excluding carboxylic acids is 1. The van der Waals surface area contributed by atoms with Gasteiger partial charge in [0.05, 0.1) is 29.0 Å². The Labute approximate surface area is 183 Å². The topological polar surface area (TPSA) is 131 Å². The monoisotopic (exact) mass is 458 g/mol. The summed E-state index contributed by atoms with van der Waals surface area (Å²) in [5.74, 6) is -0.628. The van der Waals surface area contributed by atoms with Crippen LogP contribution in [0.1, 0.15) is 5.56 Å². The quantitative estimate of drug-likeness (QED) is 0.578. The van der Waals surface area contributed by atoms with Gasteiger partial charge in [0.15, 0.2) is 0 Å². The van der Waals surface area contributed by atoms with Crippen molar-refractivity contribution < 1.29 is 17.9 Å². The molecule has 2 aromatic carbocycles. The molecule has 1 fully saturated rings. The standard InChI is InChI=1S/C21H22N4O6S/c1-14-6-7-15(32(29,30)24-8-10-31-11-9-24)12-18(14)22-19(26)13-25-20(27)16-4-2-3-5-17(16)23-21(25)28/h2-7,12H,8-11,13H2,1H3,(H,22,26)(H,23,28). The van der Waals surface area contributed by atoms with Gasteiger partial charge in [-0.2, -0.15) is 4.31 Å². The Morgan fingerprint density at radius 1 is 1.12 bits per heavy atom. The lowest BCUT2D eigenvalue weighted by Crippen LogP contribution is -2.40. The second kappa shape index (κ2) is 8.69. The molecular weight excluding hydrogens is 436 g/mol. The van der Waals surface area contributed by atoms with Crippen LogP contribution in [0.25, 0.3) is 10.9 Å². The fraction of sp³-hybridized carbons (Fsp3) is 0.286. The van der Waals surface area contributed by atoms with E-state index in [4.69, 9.17) is 4.74 Å². The van der Waals surface area contributed by atoms with E-state index in [1.807, 2.05) is 0 Å². The third-order valence-corrected chi connectivity index (χ3v) is 7.18. The highest BCUT2D eigenvalue weighted by atomic mass is 32.2. The van der Waals surface area contributed by atoms with Crippen LogP contribution in [0.2, 0.25) is 0 Å². The summed E-state index contributed by atoms with van der Waals surface area (Å²) in [6, 6.07) is 11.0. The summed E-state index contributed by atoms with van der Waals surface area (Å²) in [7, 11) is -3.74. The van der Waals surface area contributed by atoms with Gasteiger partial charge in [0.1, 0.15) is 6.54 Å². The lowest BCUT2D eigenvalue weighted by atomic mass is 10.2. The van der Waals surface area contributed by atoms with Gasteiger partial charge in [0, 0.05) is 18.8 Å². The molecule has 168 valence electrons. The minimum atomic E-state index is -3.74. The maximum absolute atomic E-state index is 12.9. The average molecular weight is 458 g/mol. The van der Waals surface area contributed by atoms with Gasteiger partial charge in [-0.15, -0.1) is 0 Å². The zero-order chi connectivity index (χ0) is 22.9. The zero-order valence-corrected chi connectivity index (χ0v) is 18.1. The molecule has 0 radical (unpaired) electrons. The predicted molar refractivity (Wildman–Crippen MR) is 118 cm³/mol. The number of anilines is 1. The Kier molecular flexibility index (Phi) is 5.96. The minimum Gasteiger partial charge on any atom is -0.379 e. The normalized spacial score (nSPS) is 15.0. The van der Waals surface area contributed by atoms with Crippen LogP contribution in [0.5, 0.6) is 0 Å². The van der Waals surface area contributed by atoms with E-state index in [2.05, 4.69) is 10.3 Å². The summed E-state index contributed by atoms with van der Waals surface area (Å²) < 4.78 is 33.2. The number of benzene rings is 2. The minimum absolute atomic E-state index is 0.0426. The molecule has 1 aliphatic rings. The van der Waals surface area contributed by atoms with E-state index in [0.717, 1.165) is 4.57 Å². The molecule has 2 heterocycles. The Hall–Kier alpha value is -3.28. The zero-order valence-electron chi connectivity index (χ0n) is 17.3. The molecule has 32 heavy (non-hydrogen) atoms. The molecular formula is C21H22N4O6S. The molecule has 0 aliphatic carbocycles. The number of hydrogen-bond acceptors (Lipinski definition) is 6. The summed E-state index contributed by atoms with van der Waals surface area (Å²) in [6.07, 6.45) is 0. The number of nitrogens with zero attached hydrogens (tertiary/aromatic N) is 2. The molecule has 2 N–H and O–H groups in total. The van der Waals surface area contributed by atoms with Gasteiger partial charge >= 0.3 is 5.69 Å². The van der Waals surface area contributed by atoms with Gasteiger partial charge in [-0.25, -0.2) is 13.2 Å². The fourth-order valence-corrected chi connectivity index (χ4v) is 4.94. The van der Waals surface area contributed by atoms with Crippen LogP contribution in [-0.2, 0) is 26.1 Å². The van der Waals surface area contributed by atoms with Gasteiger partial charge in [-0.05, 0) is 36.8 Å². The Bertz CT molecular complexity index is 1400. The Morgan fingerprint density at radius 2 is 1.84 bits per heavy atom. The number of rotatable bonds is 5. The van der Waals surface area contributed by atoms with E-state index >= 15 is 0 Å². The Balaban J connectivity index is 1.59. The number of morpholine rings is 1. The summed E-state index contributed by atoms with van der Waals surface area (Å²) in [4.78, 5) is 40.2. The lowest BCUT2D eigenvalue weighted by molar-refractivity contribution is -0.116. The van der Waals surface area contributed by atoms with Crippen molar-refractivity contribution in [3.05, 3.63) is 68.9 Å². The van der Waals surface area contributed by atoms with E-state index < -0.39 is 33.7 Å². The first-order valence-electron chi connectivity index (χ1n) is 9.97. The first-order chi connectivity index (χ1) is 15.3. The van der Waals surface area contributed by atoms with E-state index in [1.165, 1.54) is 16.4 Å². The molecule has 1 amide bonds. The van der Waals surface area contributed by atoms with Crippen molar-refractivity contribution in [2.24, 2.45) is 0 Å². The van der Waals surface area contributed by atoms with Crippen molar-refractivity contribution in [2.75, 3.05) is 31.6 Å². The summed E-state index contributed by atoms with van der Waals surface area (Å²) in [5.41, 5.74) is 0.0220. The van der Waals surface area contributed by atoms with E-state index in [-0.39, 0.29) is 29.1 Å². The van der Waals surface area contributed by atoms with Crippen LogP contribution in [0.15, 0.2) is 56.9 Å². The highest BCUT2D eigenvalue weighted by Gasteiger charge is 2.27. The molecule has 1 aliphatic heterocycles. The molecule has 10 nitrogen and oxygen atoms in total. The maximum atomic E-state index is 12.9. The van der Waals surface area contributed by atoms with Crippen molar-refractivity contribution in [1.82, 2.24) is 13.9 Å². The lowest BCUT2D eigenvalue weighted by Gasteiger charge is -2.26. The third kappa shape index (κ3) is 4.22. The molecule has 4 rings (SSSR count). The van der Waals surface area contributed by atoms with Gasteiger partial charge in [0.25, 0.3) is 5.56 Å². The van der Waals surface area contributed by atoms with Gasteiger partial charge < -0.3 is 15.0 Å². The van der Waals surface area contributed by atoms with Crippen LogP contribution in [0.4, 0.5) is 5.69 Å². The summed E-state index contributed by atoms with van der Waals surface area (Å²) in [6.45, 7) is 2.36. The molecule has 0 unspecified atom stereocenters. The number of aromatic amines is 1. The van der Waals surface area contributed by atoms with Gasteiger partial charge in [0.2, 0.25) is 15.9 Å². The number of fused-ring (bicyclic) bond motifs is 1. The number of nitrogens with one attached hydrogen (secondary N) is 2. The highest BCUT2D eigenvalue weighted by Crippen LogP contribution is 2.23. The number of aryl methyl sites for hydroxylation is 1. The second-order valence-corrected chi connectivity index (χ2v) is 9.35. The van der Waals surface area contributed by atoms with E-state index in [0.29, 0.717) is 24.3 Å².